The van der Waals surface area contributed by atoms with Crippen LogP contribution in [-0.2, 0) is 0 Å². The van der Waals surface area contributed by atoms with E-state index in [1.165, 1.54) is 0 Å². The number of fused-ring (bicyclic) bond motifs is 1. The zero-order valence-electron chi connectivity index (χ0n) is 14.2. The standard InChI is InChI=1S/C19H25NO4/c1-13-10-15-16(24-9-8-23-15)11-14(13)18(22)20-7-3-6-19(12-20)5-2-4-17(19)21/h10-11,17,21H,2-9,12H2,1H3/t17-,19-/m1/s1. The van der Waals surface area contributed by atoms with Crippen molar-refractivity contribution in [3.05, 3.63) is 23.3 Å². The normalized spacial score (nSPS) is 29.1. The summed E-state index contributed by atoms with van der Waals surface area (Å²) in [5, 5.41) is 10.4. The van der Waals surface area contributed by atoms with Gasteiger partial charge in [-0.15, -0.1) is 0 Å². The maximum absolute atomic E-state index is 13.1. The van der Waals surface area contributed by atoms with Gasteiger partial charge in [0, 0.05) is 24.1 Å². The Morgan fingerprint density at radius 1 is 1.21 bits per heavy atom. The Hall–Kier alpha value is -1.75. The minimum Gasteiger partial charge on any atom is -0.486 e. The molecule has 1 amide bonds. The molecule has 1 spiro atoms. The van der Waals surface area contributed by atoms with Crippen molar-refractivity contribution >= 4 is 5.91 Å². The zero-order chi connectivity index (χ0) is 16.7. The lowest BCUT2D eigenvalue weighted by atomic mass is 9.76. The number of aliphatic hydroxyl groups excluding tert-OH is 1. The minimum atomic E-state index is -0.269. The summed E-state index contributed by atoms with van der Waals surface area (Å²) in [6.07, 6.45) is 4.68. The Balaban J connectivity index is 1.59. The van der Waals surface area contributed by atoms with E-state index < -0.39 is 0 Å². The first-order valence-electron chi connectivity index (χ1n) is 8.97. The maximum atomic E-state index is 13.1. The molecule has 3 aliphatic rings. The van der Waals surface area contributed by atoms with Crippen molar-refractivity contribution in [2.24, 2.45) is 5.41 Å². The highest BCUT2D eigenvalue weighted by Crippen LogP contribution is 2.45. The Kier molecular flexibility index (Phi) is 3.91. The fourth-order valence-corrected chi connectivity index (χ4v) is 4.52. The summed E-state index contributed by atoms with van der Waals surface area (Å²) in [6, 6.07) is 3.71. The van der Waals surface area contributed by atoms with Gasteiger partial charge in [-0.1, -0.05) is 6.42 Å². The highest BCUT2D eigenvalue weighted by Gasteiger charge is 2.45. The number of nitrogens with zero attached hydrogens (tertiary/aromatic N) is 1. The number of carbonyl (C=O) groups is 1. The highest BCUT2D eigenvalue weighted by molar-refractivity contribution is 5.96. The summed E-state index contributed by atoms with van der Waals surface area (Å²) in [6.45, 7) is 4.44. The monoisotopic (exact) mass is 331 g/mol. The summed E-state index contributed by atoms with van der Waals surface area (Å²) in [4.78, 5) is 15.0. The molecule has 24 heavy (non-hydrogen) atoms. The largest absolute Gasteiger partial charge is 0.486 e. The van der Waals surface area contributed by atoms with Crippen molar-refractivity contribution in [3.8, 4) is 11.5 Å². The van der Waals surface area contributed by atoms with Gasteiger partial charge < -0.3 is 19.5 Å². The highest BCUT2D eigenvalue weighted by atomic mass is 16.6. The van der Waals surface area contributed by atoms with Gasteiger partial charge in [0.25, 0.3) is 5.91 Å². The van der Waals surface area contributed by atoms with Crippen LogP contribution in [0.1, 0.15) is 48.0 Å². The van der Waals surface area contributed by atoms with Crippen LogP contribution >= 0.6 is 0 Å². The molecule has 1 saturated carbocycles. The van der Waals surface area contributed by atoms with Crippen LogP contribution in [0.5, 0.6) is 11.5 Å². The van der Waals surface area contributed by atoms with Gasteiger partial charge in [0.05, 0.1) is 6.10 Å². The summed E-state index contributed by atoms with van der Waals surface area (Å²) in [5.41, 5.74) is 1.51. The van der Waals surface area contributed by atoms with Crippen molar-refractivity contribution in [2.75, 3.05) is 26.3 Å². The number of carbonyl (C=O) groups excluding carboxylic acids is 1. The zero-order valence-corrected chi connectivity index (χ0v) is 14.2. The van der Waals surface area contributed by atoms with E-state index in [2.05, 4.69) is 0 Å². The smallest absolute Gasteiger partial charge is 0.254 e. The second kappa shape index (κ2) is 5.96. The number of aliphatic hydroxyl groups is 1. The fourth-order valence-electron chi connectivity index (χ4n) is 4.52. The molecule has 0 bridgehead atoms. The number of benzene rings is 1. The SMILES string of the molecule is Cc1cc2c(cc1C(=O)N1CCC[C@]3(CCC[C@H]3O)C1)OCCO2. The lowest BCUT2D eigenvalue weighted by Crippen LogP contribution is -2.49. The third-order valence-corrected chi connectivity index (χ3v) is 5.87. The third-order valence-electron chi connectivity index (χ3n) is 5.87. The molecule has 2 fully saturated rings. The van der Waals surface area contributed by atoms with E-state index in [9.17, 15) is 9.90 Å². The first kappa shape index (κ1) is 15.8. The van der Waals surface area contributed by atoms with Crippen molar-refractivity contribution in [1.29, 1.82) is 0 Å². The Bertz CT molecular complexity index is 659. The molecule has 0 aromatic heterocycles. The fraction of sp³-hybridized carbons (Fsp3) is 0.632. The molecular formula is C19H25NO4. The molecule has 130 valence electrons. The topological polar surface area (TPSA) is 59.0 Å². The number of amides is 1. The van der Waals surface area contributed by atoms with Crippen LogP contribution in [-0.4, -0.2) is 48.3 Å². The summed E-state index contributed by atoms with van der Waals surface area (Å²) in [7, 11) is 0. The van der Waals surface area contributed by atoms with Crippen LogP contribution in [0.4, 0.5) is 0 Å². The first-order chi connectivity index (χ1) is 11.6. The van der Waals surface area contributed by atoms with Gasteiger partial charge in [0.15, 0.2) is 11.5 Å². The molecule has 5 heteroatoms. The Labute approximate surface area is 142 Å². The third kappa shape index (κ3) is 2.55. The number of likely N-dealkylation sites (tertiary alicyclic amines) is 1. The molecule has 1 N–H and O–H groups in total. The van der Waals surface area contributed by atoms with Gasteiger partial charge >= 0.3 is 0 Å². The van der Waals surface area contributed by atoms with Crippen LogP contribution in [0.15, 0.2) is 12.1 Å². The Morgan fingerprint density at radius 3 is 2.62 bits per heavy atom. The van der Waals surface area contributed by atoms with E-state index in [4.69, 9.17) is 9.47 Å². The molecule has 1 aromatic carbocycles. The quantitative estimate of drug-likeness (QED) is 0.859. The van der Waals surface area contributed by atoms with Crippen LogP contribution in [0, 0.1) is 12.3 Å². The number of hydrogen-bond donors (Lipinski definition) is 1. The van der Waals surface area contributed by atoms with E-state index in [1.54, 1.807) is 0 Å². The van der Waals surface area contributed by atoms with Crippen molar-refractivity contribution < 1.29 is 19.4 Å². The molecule has 2 aliphatic heterocycles. The molecule has 0 unspecified atom stereocenters. The van der Waals surface area contributed by atoms with Crippen molar-refractivity contribution in [2.45, 2.75) is 45.1 Å². The molecular weight excluding hydrogens is 306 g/mol. The van der Waals surface area contributed by atoms with Crippen LogP contribution < -0.4 is 9.47 Å². The first-order valence-corrected chi connectivity index (χ1v) is 8.97. The van der Waals surface area contributed by atoms with E-state index in [0.717, 1.165) is 50.0 Å². The summed E-state index contributed by atoms with van der Waals surface area (Å²) < 4.78 is 11.2. The van der Waals surface area contributed by atoms with E-state index in [-0.39, 0.29) is 17.4 Å². The minimum absolute atomic E-state index is 0.0441. The van der Waals surface area contributed by atoms with Gasteiger partial charge in [-0.2, -0.15) is 0 Å². The number of rotatable bonds is 1. The molecule has 2 heterocycles. The van der Waals surface area contributed by atoms with Gasteiger partial charge in [-0.25, -0.2) is 0 Å². The predicted octanol–water partition coefficient (Wildman–Crippen LogP) is 2.53. The molecule has 4 rings (SSSR count). The molecule has 1 saturated heterocycles. The summed E-state index contributed by atoms with van der Waals surface area (Å²) >= 11 is 0. The van der Waals surface area contributed by atoms with Crippen LogP contribution in [0.2, 0.25) is 0 Å². The number of piperidine rings is 1. The van der Waals surface area contributed by atoms with E-state index in [1.807, 2.05) is 24.0 Å². The average Bonchev–Trinajstić information content (AvgIpc) is 2.93. The number of aryl methyl sites for hydroxylation is 1. The lowest BCUT2D eigenvalue weighted by Gasteiger charge is -2.42. The average molecular weight is 331 g/mol. The van der Waals surface area contributed by atoms with Crippen molar-refractivity contribution in [3.63, 3.8) is 0 Å². The second-order valence-corrected chi connectivity index (χ2v) is 7.41. The molecule has 2 atom stereocenters. The van der Waals surface area contributed by atoms with Crippen LogP contribution in [0.3, 0.4) is 0 Å². The second-order valence-electron chi connectivity index (χ2n) is 7.41. The van der Waals surface area contributed by atoms with Gasteiger partial charge in [-0.05, 0) is 50.3 Å². The molecule has 1 aromatic rings. The number of hydrogen-bond acceptors (Lipinski definition) is 4. The Morgan fingerprint density at radius 2 is 1.92 bits per heavy atom. The predicted molar refractivity (Wildman–Crippen MR) is 89.6 cm³/mol. The lowest BCUT2D eigenvalue weighted by molar-refractivity contribution is -0.00540. The molecule has 0 radical (unpaired) electrons. The number of ether oxygens (including phenoxy) is 2. The van der Waals surface area contributed by atoms with Gasteiger partial charge in [0.2, 0.25) is 0 Å². The van der Waals surface area contributed by atoms with Gasteiger partial charge in [0.1, 0.15) is 13.2 Å². The summed E-state index contributed by atoms with van der Waals surface area (Å²) in [5.74, 6) is 1.42. The molecule has 1 aliphatic carbocycles. The van der Waals surface area contributed by atoms with E-state index >= 15 is 0 Å². The van der Waals surface area contributed by atoms with Crippen molar-refractivity contribution in [1.82, 2.24) is 4.90 Å². The van der Waals surface area contributed by atoms with Crippen LogP contribution in [0.25, 0.3) is 0 Å². The van der Waals surface area contributed by atoms with Gasteiger partial charge in [-0.3, -0.25) is 4.79 Å². The van der Waals surface area contributed by atoms with E-state index in [0.29, 0.717) is 31.1 Å². The molecule has 5 nitrogen and oxygen atoms in total. The maximum Gasteiger partial charge on any atom is 0.254 e.